The Balaban J connectivity index is 2.30. The fourth-order valence-corrected chi connectivity index (χ4v) is 3.38. The van der Waals surface area contributed by atoms with Crippen molar-refractivity contribution in [3.05, 3.63) is 29.8 Å². The molecule has 1 aliphatic rings. The van der Waals surface area contributed by atoms with E-state index in [0.29, 0.717) is 13.0 Å². The average Bonchev–Trinajstić information content (AvgIpc) is 2.59. The first-order chi connectivity index (χ1) is 10.6. The van der Waals surface area contributed by atoms with Gasteiger partial charge in [0.25, 0.3) is 0 Å². The van der Waals surface area contributed by atoms with E-state index in [-0.39, 0.29) is 5.91 Å². The zero-order chi connectivity index (χ0) is 16.0. The van der Waals surface area contributed by atoms with Crippen molar-refractivity contribution in [1.82, 2.24) is 4.90 Å². The molecule has 0 aliphatic heterocycles. The molecule has 1 aromatic carbocycles. The zero-order valence-corrected chi connectivity index (χ0v) is 13.5. The number of hydrogen-bond acceptors (Lipinski definition) is 3. The second-order valence-electron chi connectivity index (χ2n) is 6.01. The summed E-state index contributed by atoms with van der Waals surface area (Å²) >= 11 is 0. The highest BCUT2D eigenvalue weighted by Crippen LogP contribution is 2.41. The summed E-state index contributed by atoms with van der Waals surface area (Å²) in [5, 5.41) is 8.74. The molecule has 1 amide bonds. The normalized spacial score (nSPS) is 16.6. The molecule has 0 radical (unpaired) electrons. The van der Waals surface area contributed by atoms with Crippen molar-refractivity contribution in [3.8, 4) is 11.8 Å². The van der Waals surface area contributed by atoms with Crippen molar-refractivity contribution < 1.29 is 9.53 Å². The molecule has 0 N–H and O–H groups in total. The first kappa shape index (κ1) is 16.4. The van der Waals surface area contributed by atoms with Crippen LogP contribution in [0.3, 0.4) is 0 Å². The van der Waals surface area contributed by atoms with Crippen molar-refractivity contribution in [2.75, 3.05) is 20.7 Å². The Morgan fingerprint density at radius 3 is 2.45 bits per heavy atom. The van der Waals surface area contributed by atoms with Crippen molar-refractivity contribution >= 4 is 5.91 Å². The molecule has 0 unspecified atom stereocenters. The van der Waals surface area contributed by atoms with Crippen LogP contribution in [0.1, 0.15) is 44.1 Å². The largest absolute Gasteiger partial charge is 0.497 e. The third kappa shape index (κ3) is 3.24. The molecular formula is C18H24N2O2. The van der Waals surface area contributed by atoms with Crippen LogP contribution in [0, 0.1) is 11.3 Å². The lowest BCUT2D eigenvalue weighted by Gasteiger charge is -2.39. The standard InChI is InChI=1S/C18H24N2O2/c1-20(14-6-13-19)17(21)18(11-4-3-5-12-18)15-7-9-16(22-2)10-8-15/h7-10H,3-6,11-12,14H2,1-2H3. The SMILES string of the molecule is COc1ccc(C2(C(=O)N(C)CCC#N)CCCCC2)cc1. The summed E-state index contributed by atoms with van der Waals surface area (Å²) in [6.07, 6.45) is 5.48. The smallest absolute Gasteiger partial charge is 0.232 e. The van der Waals surface area contributed by atoms with E-state index in [0.717, 1.165) is 37.0 Å². The van der Waals surface area contributed by atoms with Crippen LogP contribution in [0.4, 0.5) is 0 Å². The van der Waals surface area contributed by atoms with Crippen molar-refractivity contribution in [2.24, 2.45) is 0 Å². The molecular weight excluding hydrogens is 276 g/mol. The van der Waals surface area contributed by atoms with E-state index in [1.807, 2.05) is 24.3 Å². The molecule has 118 valence electrons. The van der Waals surface area contributed by atoms with E-state index in [4.69, 9.17) is 10.00 Å². The topological polar surface area (TPSA) is 53.3 Å². The molecule has 0 spiro atoms. The van der Waals surface area contributed by atoms with E-state index >= 15 is 0 Å². The molecule has 0 saturated heterocycles. The number of likely N-dealkylation sites (N-methyl/N-ethyl adjacent to an activating group) is 1. The van der Waals surface area contributed by atoms with E-state index < -0.39 is 5.41 Å². The Bertz CT molecular complexity index is 539. The third-order valence-corrected chi connectivity index (χ3v) is 4.66. The van der Waals surface area contributed by atoms with Gasteiger partial charge in [-0.15, -0.1) is 0 Å². The van der Waals surface area contributed by atoms with E-state index in [9.17, 15) is 4.79 Å². The van der Waals surface area contributed by atoms with Crippen molar-refractivity contribution in [2.45, 2.75) is 43.9 Å². The van der Waals surface area contributed by atoms with Crippen LogP contribution >= 0.6 is 0 Å². The molecule has 0 bridgehead atoms. The number of benzene rings is 1. The Labute approximate surface area is 132 Å². The highest BCUT2D eigenvalue weighted by atomic mass is 16.5. The lowest BCUT2D eigenvalue weighted by atomic mass is 9.68. The van der Waals surface area contributed by atoms with Gasteiger partial charge >= 0.3 is 0 Å². The summed E-state index contributed by atoms with van der Waals surface area (Å²) in [5.74, 6) is 0.951. The molecule has 1 fully saturated rings. The zero-order valence-electron chi connectivity index (χ0n) is 13.5. The van der Waals surface area contributed by atoms with Crippen molar-refractivity contribution in [1.29, 1.82) is 5.26 Å². The maximum Gasteiger partial charge on any atom is 0.232 e. The van der Waals surface area contributed by atoms with Crippen LogP contribution in [-0.4, -0.2) is 31.5 Å². The maximum absolute atomic E-state index is 13.1. The van der Waals surface area contributed by atoms with Crippen LogP contribution in [0.15, 0.2) is 24.3 Å². The molecule has 1 aliphatic carbocycles. The second kappa shape index (κ2) is 7.31. The van der Waals surface area contributed by atoms with Gasteiger partial charge in [0.15, 0.2) is 0 Å². The molecule has 2 rings (SSSR count). The monoisotopic (exact) mass is 300 g/mol. The van der Waals surface area contributed by atoms with Gasteiger partial charge in [-0.3, -0.25) is 4.79 Å². The minimum Gasteiger partial charge on any atom is -0.497 e. The molecule has 1 aromatic rings. The first-order valence-corrected chi connectivity index (χ1v) is 7.91. The number of carbonyl (C=O) groups is 1. The number of rotatable bonds is 5. The van der Waals surface area contributed by atoms with Gasteiger partial charge in [0, 0.05) is 13.6 Å². The van der Waals surface area contributed by atoms with Gasteiger partial charge < -0.3 is 9.64 Å². The van der Waals surface area contributed by atoms with Gasteiger partial charge in [0.2, 0.25) is 5.91 Å². The van der Waals surface area contributed by atoms with Crippen LogP contribution in [0.2, 0.25) is 0 Å². The van der Waals surface area contributed by atoms with Crippen LogP contribution in [0.5, 0.6) is 5.75 Å². The summed E-state index contributed by atoms with van der Waals surface area (Å²) in [4.78, 5) is 14.8. The molecule has 4 nitrogen and oxygen atoms in total. The Kier molecular flexibility index (Phi) is 5.43. The number of hydrogen-bond donors (Lipinski definition) is 0. The molecule has 22 heavy (non-hydrogen) atoms. The quantitative estimate of drug-likeness (QED) is 0.838. The maximum atomic E-state index is 13.1. The van der Waals surface area contributed by atoms with Gasteiger partial charge in [-0.1, -0.05) is 31.4 Å². The molecule has 0 heterocycles. The highest BCUT2D eigenvalue weighted by molar-refractivity contribution is 5.88. The number of nitrogens with zero attached hydrogens (tertiary/aromatic N) is 2. The number of amides is 1. The number of carbonyl (C=O) groups excluding carboxylic acids is 1. The van der Waals surface area contributed by atoms with E-state index in [2.05, 4.69) is 6.07 Å². The Hall–Kier alpha value is -2.02. The molecule has 1 saturated carbocycles. The minimum absolute atomic E-state index is 0.146. The van der Waals surface area contributed by atoms with Gasteiger partial charge in [0.1, 0.15) is 5.75 Å². The van der Waals surface area contributed by atoms with Crippen LogP contribution in [-0.2, 0) is 10.2 Å². The summed E-state index contributed by atoms with van der Waals surface area (Å²) in [7, 11) is 3.45. The summed E-state index contributed by atoms with van der Waals surface area (Å²) < 4.78 is 5.22. The highest BCUT2D eigenvalue weighted by Gasteiger charge is 2.42. The summed E-state index contributed by atoms with van der Waals surface area (Å²) in [6.45, 7) is 0.493. The fraction of sp³-hybridized carbons (Fsp3) is 0.556. The van der Waals surface area contributed by atoms with Crippen LogP contribution in [0.25, 0.3) is 0 Å². The number of methoxy groups -OCH3 is 1. The Morgan fingerprint density at radius 2 is 1.91 bits per heavy atom. The van der Waals surface area contributed by atoms with Crippen LogP contribution < -0.4 is 4.74 Å². The molecule has 0 atom stereocenters. The van der Waals surface area contributed by atoms with E-state index in [1.165, 1.54) is 6.42 Å². The van der Waals surface area contributed by atoms with Gasteiger partial charge in [0.05, 0.1) is 25.0 Å². The molecule has 0 aromatic heterocycles. The number of nitriles is 1. The van der Waals surface area contributed by atoms with Crippen molar-refractivity contribution in [3.63, 3.8) is 0 Å². The predicted octanol–water partition coefficient (Wildman–Crippen LogP) is 3.27. The van der Waals surface area contributed by atoms with Gasteiger partial charge in [-0.25, -0.2) is 0 Å². The predicted molar refractivity (Wildman–Crippen MR) is 85.6 cm³/mol. The van der Waals surface area contributed by atoms with Gasteiger partial charge in [-0.05, 0) is 30.5 Å². The fourth-order valence-electron chi connectivity index (χ4n) is 3.38. The third-order valence-electron chi connectivity index (χ3n) is 4.66. The van der Waals surface area contributed by atoms with Gasteiger partial charge in [-0.2, -0.15) is 5.26 Å². The minimum atomic E-state index is -0.436. The number of ether oxygens (including phenoxy) is 1. The van der Waals surface area contributed by atoms with E-state index in [1.54, 1.807) is 19.1 Å². The average molecular weight is 300 g/mol. The summed E-state index contributed by atoms with van der Waals surface area (Å²) in [5.41, 5.74) is 0.635. The lowest BCUT2D eigenvalue weighted by molar-refractivity contribution is -0.137. The Morgan fingerprint density at radius 1 is 1.27 bits per heavy atom. The second-order valence-corrected chi connectivity index (χ2v) is 6.01. The summed E-state index contributed by atoms with van der Waals surface area (Å²) in [6, 6.07) is 9.99. The lowest BCUT2D eigenvalue weighted by Crippen LogP contribution is -2.46. The first-order valence-electron chi connectivity index (χ1n) is 7.91. The molecule has 4 heteroatoms.